The average Bonchev–Trinajstić information content (AvgIpc) is 3.15. The second kappa shape index (κ2) is 8.88. The maximum atomic E-state index is 12.2. The molecule has 0 spiro atoms. The predicted molar refractivity (Wildman–Crippen MR) is 100 cm³/mol. The SMILES string of the molecule is CN(C)C(=O)C[C@H](COCc1ccccc1)[C@H](O)c1ccc2c(c1)OCO2. The molecule has 27 heavy (non-hydrogen) atoms. The lowest BCUT2D eigenvalue weighted by atomic mass is 9.92. The van der Waals surface area contributed by atoms with Gasteiger partial charge in [0.25, 0.3) is 0 Å². The van der Waals surface area contributed by atoms with Gasteiger partial charge in [-0.2, -0.15) is 0 Å². The number of rotatable bonds is 8. The molecule has 0 aliphatic carbocycles. The standard InChI is InChI=1S/C21H25NO5/c1-22(2)20(23)11-17(13-25-12-15-6-4-3-5-7-15)21(24)16-8-9-18-19(10-16)27-14-26-18/h3-10,17,21,24H,11-14H2,1-2H3/t17-,21-/m1/s1. The van der Waals surface area contributed by atoms with Gasteiger partial charge in [0, 0.05) is 26.4 Å². The van der Waals surface area contributed by atoms with E-state index in [-0.39, 0.29) is 31.6 Å². The van der Waals surface area contributed by atoms with Crippen LogP contribution in [-0.2, 0) is 16.1 Å². The lowest BCUT2D eigenvalue weighted by molar-refractivity contribution is -0.131. The van der Waals surface area contributed by atoms with Crippen molar-refractivity contribution >= 4 is 5.91 Å². The van der Waals surface area contributed by atoms with Crippen LogP contribution < -0.4 is 9.47 Å². The molecule has 144 valence electrons. The van der Waals surface area contributed by atoms with Gasteiger partial charge in [-0.25, -0.2) is 0 Å². The maximum absolute atomic E-state index is 12.2. The summed E-state index contributed by atoms with van der Waals surface area (Å²) in [4.78, 5) is 13.7. The quantitative estimate of drug-likeness (QED) is 0.773. The fourth-order valence-corrected chi connectivity index (χ4v) is 2.94. The number of benzene rings is 2. The van der Waals surface area contributed by atoms with E-state index >= 15 is 0 Å². The molecule has 2 aromatic rings. The van der Waals surface area contributed by atoms with E-state index in [0.717, 1.165) is 5.56 Å². The van der Waals surface area contributed by atoms with Crippen LogP contribution in [0.4, 0.5) is 0 Å². The molecule has 1 heterocycles. The zero-order valence-electron chi connectivity index (χ0n) is 15.6. The summed E-state index contributed by atoms with van der Waals surface area (Å²) in [6.45, 7) is 0.878. The second-order valence-corrected chi connectivity index (χ2v) is 6.81. The number of nitrogens with zero attached hydrogens (tertiary/aromatic N) is 1. The Morgan fingerprint density at radius 3 is 2.63 bits per heavy atom. The molecule has 3 rings (SSSR count). The second-order valence-electron chi connectivity index (χ2n) is 6.81. The Labute approximate surface area is 159 Å². The third-order valence-corrected chi connectivity index (χ3v) is 4.56. The largest absolute Gasteiger partial charge is 0.454 e. The minimum Gasteiger partial charge on any atom is -0.454 e. The molecule has 1 aliphatic rings. The van der Waals surface area contributed by atoms with E-state index in [9.17, 15) is 9.90 Å². The van der Waals surface area contributed by atoms with Crippen molar-refractivity contribution in [2.45, 2.75) is 19.1 Å². The third kappa shape index (κ3) is 4.99. The van der Waals surface area contributed by atoms with Crippen molar-refractivity contribution in [1.82, 2.24) is 4.90 Å². The Bertz CT molecular complexity index is 762. The van der Waals surface area contributed by atoms with Crippen molar-refractivity contribution in [3.05, 3.63) is 59.7 Å². The Kier molecular flexibility index (Phi) is 6.32. The van der Waals surface area contributed by atoms with E-state index in [1.807, 2.05) is 30.3 Å². The van der Waals surface area contributed by atoms with Crippen LogP contribution in [0.1, 0.15) is 23.7 Å². The number of carbonyl (C=O) groups is 1. The number of carbonyl (C=O) groups excluding carboxylic acids is 1. The third-order valence-electron chi connectivity index (χ3n) is 4.56. The van der Waals surface area contributed by atoms with Crippen molar-refractivity contribution in [3.63, 3.8) is 0 Å². The summed E-state index contributed by atoms with van der Waals surface area (Å²) in [6.07, 6.45) is -0.656. The molecule has 2 aromatic carbocycles. The van der Waals surface area contributed by atoms with Gasteiger partial charge in [0.15, 0.2) is 11.5 Å². The first-order valence-corrected chi connectivity index (χ1v) is 8.94. The maximum Gasteiger partial charge on any atom is 0.231 e. The fraction of sp³-hybridized carbons (Fsp3) is 0.381. The fourth-order valence-electron chi connectivity index (χ4n) is 2.94. The summed E-state index contributed by atoms with van der Waals surface area (Å²) in [5.41, 5.74) is 1.73. The summed E-state index contributed by atoms with van der Waals surface area (Å²) in [7, 11) is 3.41. The molecule has 0 bridgehead atoms. The lowest BCUT2D eigenvalue weighted by Gasteiger charge is -2.24. The van der Waals surface area contributed by atoms with Crippen LogP contribution >= 0.6 is 0 Å². The first-order valence-electron chi connectivity index (χ1n) is 8.94. The highest BCUT2D eigenvalue weighted by molar-refractivity contribution is 5.75. The summed E-state index contributed by atoms with van der Waals surface area (Å²) in [5, 5.41) is 10.9. The van der Waals surface area contributed by atoms with Crippen LogP contribution in [-0.4, -0.2) is 43.4 Å². The van der Waals surface area contributed by atoms with E-state index in [4.69, 9.17) is 14.2 Å². The number of hydrogen-bond acceptors (Lipinski definition) is 5. The number of amides is 1. The van der Waals surface area contributed by atoms with Gasteiger partial charge in [-0.15, -0.1) is 0 Å². The molecule has 6 nitrogen and oxygen atoms in total. The van der Waals surface area contributed by atoms with Crippen molar-refractivity contribution in [1.29, 1.82) is 0 Å². The molecule has 0 radical (unpaired) electrons. The number of aliphatic hydroxyl groups is 1. The normalized spacial score (nSPS) is 14.6. The van der Waals surface area contributed by atoms with E-state index in [1.165, 1.54) is 4.90 Å². The highest BCUT2D eigenvalue weighted by Crippen LogP contribution is 2.36. The first-order chi connectivity index (χ1) is 13.0. The number of hydrogen-bond donors (Lipinski definition) is 1. The highest BCUT2D eigenvalue weighted by Gasteiger charge is 2.26. The van der Waals surface area contributed by atoms with Crippen LogP contribution in [0.2, 0.25) is 0 Å². The van der Waals surface area contributed by atoms with Gasteiger partial charge in [-0.1, -0.05) is 36.4 Å². The zero-order valence-corrected chi connectivity index (χ0v) is 15.6. The zero-order chi connectivity index (χ0) is 19.2. The predicted octanol–water partition coefficient (Wildman–Crippen LogP) is 2.76. The number of fused-ring (bicyclic) bond motifs is 1. The molecule has 0 unspecified atom stereocenters. The molecule has 1 amide bonds. The molecular formula is C21H25NO5. The van der Waals surface area contributed by atoms with Gasteiger partial charge >= 0.3 is 0 Å². The molecule has 0 saturated carbocycles. The van der Waals surface area contributed by atoms with Crippen LogP contribution in [0.15, 0.2) is 48.5 Å². The van der Waals surface area contributed by atoms with Gasteiger partial charge in [-0.3, -0.25) is 4.79 Å². The Morgan fingerprint density at radius 2 is 1.89 bits per heavy atom. The van der Waals surface area contributed by atoms with Gasteiger partial charge in [0.1, 0.15) is 0 Å². The van der Waals surface area contributed by atoms with Crippen LogP contribution in [0, 0.1) is 5.92 Å². The van der Waals surface area contributed by atoms with E-state index in [2.05, 4.69) is 0 Å². The van der Waals surface area contributed by atoms with Gasteiger partial charge in [0.05, 0.1) is 19.3 Å². The summed E-state index contributed by atoms with van der Waals surface area (Å²) in [6, 6.07) is 15.1. The smallest absolute Gasteiger partial charge is 0.231 e. The average molecular weight is 371 g/mol. The molecule has 6 heteroatoms. The topological polar surface area (TPSA) is 68.2 Å². The van der Waals surface area contributed by atoms with Crippen LogP contribution in [0.5, 0.6) is 11.5 Å². The van der Waals surface area contributed by atoms with Crippen LogP contribution in [0.3, 0.4) is 0 Å². The molecule has 1 N–H and O–H groups in total. The number of ether oxygens (including phenoxy) is 3. The first kappa shape index (κ1) is 19.2. The molecule has 1 aliphatic heterocycles. The van der Waals surface area contributed by atoms with Crippen molar-refractivity contribution in [3.8, 4) is 11.5 Å². The van der Waals surface area contributed by atoms with Crippen molar-refractivity contribution < 1.29 is 24.1 Å². The van der Waals surface area contributed by atoms with E-state index in [1.54, 1.807) is 32.3 Å². The molecule has 0 saturated heterocycles. The molecule has 0 aromatic heterocycles. The van der Waals surface area contributed by atoms with E-state index < -0.39 is 6.10 Å². The Balaban J connectivity index is 1.69. The van der Waals surface area contributed by atoms with Crippen molar-refractivity contribution in [2.24, 2.45) is 5.92 Å². The monoisotopic (exact) mass is 371 g/mol. The van der Waals surface area contributed by atoms with E-state index in [0.29, 0.717) is 23.7 Å². The Hall–Kier alpha value is -2.57. The molecule has 2 atom stereocenters. The highest BCUT2D eigenvalue weighted by atomic mass is 16.7. The van der Waals surface area contributed by atoms with Gasteiger partial charge in [-0.05, 0) is 23.3 Å². The van der Waals surface area contributed by atoms with Gasteiger partial charge in [0.2, 0.25) is 12.7 Å². The minimum atomic E-state index is -0.848. The molecular weight excluding hydrogens is 346 g/mol. The van der Waals surface area contributed by atoms with Crippen molar-refractivity contribution in [2.75, 3.05) is 27.5 Å². The van der Waals surface area contributed by atoms with Gasteiger partial charge < -0.3 is 24.2 Å². The minimum absolute atomic E-state index is 0.0527. The van der Waals surface area contributed by atoms with Crippen LogP contribution in [0.25, 0.3) is 0 Å². The number of aliphatic hydroxyl groups excluding tert-OH is 1. The lowest BCUT2D eigenvalue weighted by Crippen LogP contribution is -2.29. The molecule has 0 fully saturated rings. The summed E-state index contributed by atoms with van der Waals surface area (Å²) >= 11 is 0. The Morgan fingerprint density at radius 1 is 1.15 bits per heavy atom. The summed E-state index contributed by atoms with van der Waals surface area (Å²) < 4.78 is 16.5. The summed E-state index contributed by atoms with van der Waals surface area (Å²) in [5.74, 6) is 0.841.